The Labute approximate surface area is 84.5 Å². The van der Waals surface area contributed by atoms with Gasteiger partial charge < -0.3 is 4.90 Å². The molecule has 0 atom stereocenters. The predicted molar refractivity (Wildman–Crippen MR) is 56.6 cm³/mol. The average molecular weight is 245 g/mol. The first-order valence-electron chi connectivity index (χ1n) is 3.81. The van der Waals surface area contributed by atoms with Crippen LogP contribution < -0.4 is 4.90 Å². The van der Waals surface area contributed by atoms with E-state index < -0.39 is 0 Å². The van der Waals surface area contributed by atoms with Crippen LogP contribution in [0.25, 0.3) is 0 Å². The molecule has 2 nitrogen and oxygen atoms in total. The van der Waals surface area contributed by atoms with Crippen LogP contribution >= 0.6 is 27.7 Å². The monoisotopic (exact) mass is 244 g/mol. The van der Waals surface area contributed by atoms with Crippen molar-refractivity contribution >= 4 is 33.5 Å². The first-order valence-corrected chi connectivity index (χ1v) is 5.76. The molecule has 1 fully saturated rings. The third-order valence-electron chi connectivity index (χ3n) is 1.79. The molecule has 0 amide bonds. The molecule has 0 N–H and O–H groups in total. The molecule has 1 aromatic rings. The van der Waals surface area contributed by atoms with Gasteiger partial charge in [0.25, 0.3) is 0 Å². The molecule has 1 aliphatic heterocycles. The van der Waals surface area contributed by atoms with Crippen LogP contribution in [-0.4, -0.2) is 23.2 Å². The number of rotatable bonds is 1. The number of aromatic nitrogens is 1. The molecule has 0 saturated carbocycles. The third kappa shape index (κ3) is 1.59. The molecule has 1 aromatic heterocycles. The second-order valence-corrected chi connectivity index (χ2v) is 4.54. The summed E-state index contributed by atoms with van der Waals surface area (Å²) >= 11 is 5.44. The van der Waals surface area contributed by atoms with Gasteiger partial charge in [-0.2, -0.15) is 0 Å². The maximum absolute atomic E-state index is 4.33. The highest BCUT2D eigenvalue weighted by molar-refractivity contribution is 9.10. The minimum atomic E-state index is 1.07. The molecular weight excluding hydrogens is 236 g/mol. The van der Waals surface area contributed by atoms with Crippen LogP contribution in [0.2, 0.25) is 0 Å². The minimum absolute atomic E-state index is 1.07. The summed E-state index contributed by atoms with van der Waals surface area (Å²) in [5.74, 6) is 3.35. The van der Waals surface area contributed by atoms with E-state index in [1.807, 2.05) is 30.1 Å². The van der Waals surface area contributed by atoms with Crippen molar-refractivity contribution in [3.63, 3.8) is 0 Å². The number of thioether (sulfide) groups is 1. The Morgan fingerprint density at radius 3 is 3.17 bits per heavy atom. The van der Waals surface area contributed by atoms with E-state index in [0.29, 0.717) is 0 Å². The number of hydrogen-bond donors (Lipinski definition) is 0. The summed E-state index contributed by atoms with van der Waals surface area (Å²) in [6.07, 6.45) is 1.84. The standard InChI is InChI=1S/C8H9BrN2S/c9-7-2-1-3-10-8(7)11-4-5-12-6-11/h1-3H,4-6H2. The van der Waals surface area contributed by atoms with Crippen molar-refractivity contribution in [1.29, 1.82) is 0 Å². The lowest BCUT2D eigenvalue weighted by atomic mass is 10.4. The maximum atomic E-state index is 4.33. The van der Waals surface area contributed by atoms with E-state index in [1.54, 1.807) is 0 Å². The Morgan fingerprint density at radius 2 is 2.50 bits per heavy atom. The van der Waals surface area contributed by atoms with Gasteiger partial charge in [0, 0.05) is 18.5 Å². The molecule has 0 aliphatic carbocycles. The zero-order valence-corrected chi connectivity index (χ0v) is 8.94. The van der Waals surface area contributed by atoms with Gasteiger partial charge in [-0.15, -0.1) is 11.8 Å². The fourth-order valence-corrected chi connectivity index (χ4v) is 2.65. The number of nitrogens with zero attached hydrogens (tertiary/aromatic N) is 2. The molecule has 0 aromatic carbocycles. The van der Waals surface area contributed by atoms with Crippen LogP contribution in [0.5, 0.6) is 0 Å². The molecule has 0 unspecified atom stereocenters. The number of anilines is 1. The normalized spacial score (nSPS) is 16.9. The molecule has 4 heteroatoms. The van der Waals surface area contributed by atoms with Gasteiger partial charge in [0.2, 0.25) is 0 Å². The lowest BCUT2D eigenvalue weighted by molar-refractivity contribution is 0.954. The van der Waals surface area contributed by atoms with E-state index in [9.17, 15) is 0 Å². The quantitative estimate of drug-likeness (QED) is 0.755. The van der Waals surface area contributed by atoms with E-state index in [0.717, 1.165) is 22.7 Å². The van der Waals surface area contributed by atoms with Crippen LogP contribution in [-0.2, 0) is 0 Å². The van der Waals surface area contributed by atoms with Gasteiger partial charge in [0.05, 0.1) is 10.3 Å². The Hall–Kier alpha value is -0.220. The first-order chi connectivity index (χ1) is 5.88. The van der Waals surface area contributed by atoms with Crippen LogP contribution in [0.1, 0.15) is 0 Å². The molecule has 2 heterocycles. The van der Waals surface area contributed by atoms with E-state index >= 15 is 0 Å². The van der Waals surface area contributed by atoms with E-state index in [4.69, 9.17) is 0 Å². The summed E-state index contributed by atoms with van der Waals surface area (Å²) < 4.78 is 1.09. The van der Waals surface area contributed by atoms with Crippen LogP contribution in [0.4, 0.5) is 5.82 Å². The fraction of sp³-hybridized carbons (Fsp3) is 0.375. The molecule has 2 rings (SSSR count). The molecule has 0 bridgehead atoms. The highest BCUT2D eigenvalue weighted by Crippen LogP contribution is 2.27. The lowest BCUT2D eigenvalue weighted by Crippen LogP contribution is -2.19. The van der Waals surface area contributed by atoms with Crippen molar-refractivity contribution in [2.75, 3.05) is 23.1 Å². The Kier molecular flexibility index (Phi) is 2.56. The van der Waals surface area contributed by atoms with Gasteiger partial charge in [-0.05, 0) is 28.1 Å². The largest absolute Gasteiger partial charge is 0.346 e. The van der Waals surface area contributed by atoms with Crippen molar-refractivity contribution in [1.82, 2.24) is 4.98 Å². The van der Waals surface area contributed by atoms with Crippen molar-refractivity contribution in [3.05, 3.63) is 22.8 Å². The molecule has 64 valence electrons. The van der Waals surface area contributed by atoms with Gasteiger partial charge in [-0.3, -0.25) is 0 Å². The van der Waals surface area contributed by atoms with E-state index in [1.165, 1.54) is 5.75 Å². The molecule has 1 aliphatic rings. The summed E-state index contributed by atoms with van der Waals surface area (Å²) in [6.45, 7) is 1.11. The van der Waals surface area contributed by atoms with E-state index in [2.05, 4.69) is 25.8 Å². The fourth-order valence-electron chi connectivity index (χ4n) is 1.19. The number of halogens is 1. The molecule has 0 radical (unpaired) electrons. The number of hydrogen-bond acceptors (Lipinski definition) is 3. The van der Waals surface area contributed by atoms with E-state index in [-0.39, 0.29) is 0 Å². The smallest absolute Gasteiger partial charge is 0.143 e. The van der Waals surface area contributed by atoms with Gasteiger partial charge >= 0.3 is 0 Å². The highest BCUT2D eigenvalue weighted by atomic mass is 79.9. The summed E-state index contributed by atoms with van der Waals surface area (Å²) in [7, 11) is 0. The van der Waals surface area contributed by atoms with Crippen LogP contribution in [0, 0.1) is 0 Å². The Bertz CT molecular complexity index is 274. The third-order valence-corrected chi connectivity index (χ3v) is 3.38. The van der Waals surface area contributed by atoms with Crippen LogP contribution in [0.3, 0.4) is 0 Å². The zero-order valence-electron chi connectivity index (χ0n) is 6.53. The maximum Gasteiger partial charge on any atom is 0.143 e. The van der Waals surface area contributed by atoms with Gasteiger partial charge in [0.1, 0.15) is 5.82 Å². The SMILES string of the molecule is Brc1cccnc1N1CCSC1. The minimum Gasteiger partial charge on any atom is -0.346 e. The highest BCUT2D eigenvalue weighted by Gasteiger charge is 2.15. The van der Waals surface area contributed by atoms with Crippen molar-refractivity contribution < 1.29 is 0 Å². The topological polar surface area (TPSA) is 16.1 Å². The van der Waals surface area contributed by atoms with Gasteiger partial charge in [0.15, 0.2) is 0 Å². The average Bonchev–Trinajstić information content (AvgIpc) is 2.57. The summed E-state index contributed by atoms with van der Waals surface area (Å²) in [4.78, 5) is 6.61. The summed E-state index contributed by atoms with van der Waals surface area (Å²) in [6, 6.07) is 3.97. The van der Waals surface area contributed by atoms with Crippen LogP contribution in [0.15, 0.2) is 22.8 Å². The molecule has 0 spiro atoms. The first kappa shape index (κ1) is 8.38. The summed E-state index contributed by atoms with van der Waals surface area (Å²) in [5, 5.41) is 0. The zero-order chi connectivity index (χ0) is 8.39. The lowest BCUT2D eigenvalue weighted by Gasteiger charge is -2.16. The number of pyridine rings is 1. The second kappa shape index (κ2) is 3.66. The molecule has 1 saturated heterocycles. The van der Waals surface area contributed by atoms with Crippen molar-refractivity contribution in [2.24, 2.45) is 0 Å². The summed E-state index contributed by atoms with van der Waals surface area (Å²) in [5.41, 5.74) is 0. The Morgan fingerprint density at radius 1 is 1.58 bits per heavy atom. The Balaban J connectivity index is 2.26. The van der Waals surface area contributed by atoms with Gasteiger partial charge in [-0.25, -0.2) is 4.98 Å². The van der Waals surface area contributed by atoms with Crippen molar-refractivity contribution in [2.45, 2.75) is 0 Å². The van der Waals surface area contributed by atoms with Gasteiger partial charge in [-0.1, -0.05) is 0 Å². The molecular formula is C8H9BrN2S. The molecule has 12 heavy (non-hydrogen) atoms. The van der Waals surface area contributed by atoms with Crippen molar-refractivity contribution in [3.8, 4) is 0 Å². The second-order valence-electron chi connectivity index (χ2n) is 2.61. The predicted octanol–water partition coefficient (Wildman–Crippen LogP) is 2.35.